The highest BCUT2D eigenvalue weighted by molar-refractivity contribution is 9.10. The van der Waals surface area contributed by atoms with Crippen molar-refractivity contribution in [2.45, 2.75) is 26.2 Å². The fraction of sp³-hybridized carbons (Fsp3) is 0.500. The molecular formula is C14H18BrClN2O. The highest BCUT2D eigenvalue weighted by Crippen LogP contribution is 2.34. The third-order valence-corrected chi connectivity index (χ3v) is 5.13. The zero-order valence-electron chi connectivity index (χ0n) is 10.9. The quantitative estimate of drug-likeness (QED) is 0.874. The zero-order chi connectivity index (χ0) is 13.9. The second-order valence-electron chi connectivity index (χ2n) is 4.97. The first-order valence-corrected chi connectivity index (χ1v) is 7.72. The smallest absolute Gasteiger partial charge is 0.230 e. The second-order valence-corrected chi connectivity index (χ2v) is 6.23. The molecule has 1 saturated heterocycles. The molecule has 0 aromatic heterocycles. The van der Waals surface area contributed by atoms with Gasteiger partial charge in [-0.2, -0.15) is 0 Å². The lowest BCUT2D eigenvalue weighted by Crippen LogP contribution is -2.44. The van der Waals surface area contributed by atoms with E-state index in [2.05, 4.69) is 33.5 Å². The maximum absolute atomic E-state index is 12.5. The Bertz CT molecular complexity index is 473. The molecule has 0 bridgehead atoms. The van der Waals surface area contributed by atoms with Gasteiger partial charge in [0, 0.05) is 10.2 Å². The Balaban J connectivity index is 2.12. The number of halogens is 2. The normalized spacial score (nSPS) is 18.1. The summed E-state index contributed by atoms with van der Waals surface area (Å²) in [6, 6.07) is 5.48. The lowest BCUT2D eigenvalue weighted by molar-refractivity contribution is -0.127. The van der Waals surface area contributed by atoms with Gasteiger partial charge in [0.1, 0.15) is 0 Å². The highest BCUT2D eigenvalue weighted by atomic mass is 79.9. The molecular weight excluding hydrogens is 328 g/mol. The molecule has 0 radical (unpaired) electrons. The highest BCUT2D eigenvalue weighted by Gasteiger charge is 2.37. The largest absolute Gasteiger partial charge is 0.326 e. The maximum atomic E-state index is 12.5. The number of nitrogens with one attached hydrogen (secondary N) is 2. The summed E-state index contributed by atoms with van der Waals surface area (Å²) in [4.78, 5) is 12.5. The number of carbonyl (C=O) groups is 1. The van der Waals surface area contributed by atoms with Crippen LogP contribution < -0.4 is 10.6 Å². The summed E-state index contributed by atoms with van der Waals surface area (Å²) in [6.45, 7) is 3.89. The molecule has 2 N–H and O–H groups in total. The van der Waals surface area contributed by atoms with Crippen molar-refractivity contribution in [3.63, 3.8) is 0 Å². The number of piperidine rings is 1. The van der Waals surface area contributed by atoms with Crippen LogP contribution in [0, 0.1) is 5.41 Å². The van der Waals surface area contributed by atoms with Crippen LogP contribution in [0.4, 0.5) is 5.69 Å². The van der Waals surface area contributed by atoms with Crippen LogP contribution in [-0.4, -0.2) is 19.0 Å². The SMILES string of the molecule is CCC1(C(=O)Nc2ccc(Br)c(Cl)c2)CCNCC1. The van der Waals surface area contributed by atoms with Gasteiger partial charge >= 0.3 is 0 Å². The lowest BCUT2D eigenvalue weighted by atomic mass is 9.76. The van der Waals surface area contributed by atoms with E-state index in [1.165, 1.54) is 0 Å². The molecule has 1 amide bonds. The van der Waals surface area contributed by atoms with Crippen molar-refractivity contribution in [1.82, 2.24) is 5.32 Å². The van der Waals surface area contributed by atoms with Gasteiger partial charge in [-0.3, -0.25) is 4.79 Å². The Hall–Kier alpha value is -0.580. The van der Waals surface area contributed by atoms with E-state index in [1.54, 1.807) is 6.07 Å². The van der Waals surface area contributed by atoms with Gasteiger partial charge in [-0.25, -0.2) is 0 Å². The van der Waals surface area contributed by atoms with E-state index in [0.29, 0.717) is 5.02 Å². The first-order chi connectivity index (χ1) is 9.07. The maximum Gasteiger partial charge on any atom is 0.230 e. The number of carbonyl (C=O) groups excluding carboxylic acids is 1. The van der Waals surface area contributed by atoms with Crippen LogP contribution in [0.5, 0.6) is 0 Å². The Morgan fingerprint density at radius 2 is 2.16 bits per heavy atom. The fourth-order valence-electron chi connectivity index (χ4n) is 2.48. The van der Waals surface area contributed by atoms with Crippen molar-refractivity contribution < 1.29 is 4.79 Å². The lowest BCUT2D eigenvalue weighted by Gasteiger charge is -2.35. The molecule has 0 saturated carbocycles. The summed E-state index contributed by atoms with van der Waals surface area (Å²) in [7, 11) is 0. The van der Waals surface area contributed by atoms with Gasteiger partial charge in [-0.15, -0.1) is 0 Å². The van der Waals surface area contributed by atoms with E-state index in [-0.39, 0.29) is 11.3 Å². The van der Waals surface area contributed by atoms with E-state index in [4.69, 9.17) is 11.6 Å². The zero-order valence-corrected chi connectivity index (χ0v) is 13.3. The van der Waals surface area contributed by atoms with Crippen LogP contribution in [0.3, 0.4) is 0 Å². The average Bonchev–Trinajstić information content (AvgIpc) is 2.43. The third-order valence-electron chi connectivity index (χ3n) is 3.90. The van der Waals surface area contributed by atoms with Gasteiger partial charge in [0.15, 0.2) is 0 Å². The van der Waals surface area contributed by atoms with Crippen molar-refractivity contribution in [1.29, 1.82) is 0 Å². The second kappa shape index (κ2) is 6.25. The molecule has 19 heavy (non-hydrogen) atoms. The number of hydrogen-bond acceptors (Lipinski definition) is 2. The first-order valence-electron chi connectivity index (χ1n) is 6.54. The molecule has 2 rings (SSSR count). The number of rotatable bonds is 3. The van der Waals surface area contributed by atoms with Crippen molar-refractivity contribution >= 4 is 39.1 Å². The molecule has 0 spiro atoms. The number of hydrogen-bond donors (Lipinski definition) is 2. The van der Waals surface area contributed by atoms with Crippen molar-refractivity contribution in [3.8, 4) is 0 Å². The summed E-state index contributed by atoms with van der Waals surface area (Å²) in [5, 5.41) is 6.91. The average molecular weight is 346 g/mol. The minimum atomic E-state index is -0.245. The van der Waals surface area contributed by atoms with Crippen LogP contribution in [0.2, 0.25) is 5.02 Å². The first kappa shape index (κ1) is 14.8. The van der Waals surface area contributed by atoms with E-state index < -0.39 is 0 Å². The molecule has 1 aliphatic heterocycles. The molecule has 104 valence electrons. The predicted molar refractivity (Wildman–Crippen MR) is 82.6 cm³/mol. The van der Waals surface area contributed by atoms with Crippen LogP contribution >= 0.6 is 27.5 Å². The van der Waals surface area contributed by atoms with Crippen LogP contribution in [0.25, 0.3) is 0 Å². The van der Waals surface area contributed by atoms with Gasteiger partial charge in [0.2, 0.25) is 5.91 Å². The number of amides is 1. The Morgan fingerprint density at radius 1 is 1.47 bits per heavy atom. The topological polar surface area (TPSA) is 41.1 Å². The molecule has 5 heteroatoms. The van der Waals surface area contributed by atoms with Gasteiger partial charge < -0.3 is 10.6 Å². The third kappa shape index (κ3) is 3.30. The van der Waals surface area contributed by atoms with Crippen molar-refractivity contribution in [3.05, 3.63) is 27.7 Å². The van der Waals surface area contributed by atoms with Gasteiger partial charge in [0.25, 0.3) is 0 Å². The molecule has 3 nitrogen and oxygen atoms in total. The minimum Gasteiger partial charge on any atom is -0.326 e. The molecule has 1 heterocycles. The fourth-order valence-corrected chi connectivity index (χ4v) is 2.91. The molecule has 0 aliphatic carbocycles. The van der Waals surface area contributed by atoms with Gasteiger partial charge in [0.05, 0.1) is 10.4 Å². The molecule has 0 unspecified atom stereocenters. The van der Waals surface area contributed by atoms with Crippen LogP contribution in [0.15, 0.2) is 22.7 Å². The minimum absolute atomic E-state index is 0.106. The summed E-state index contributed by atoms with van der Waals surface area (Å²) in [5.41, 5.74) is 0.509. The predicted octanol–water partition coefficient (Wildman–Crippen LogP) is 3.82. The molecule has 0 atom stereocenters. The number of anilines is 1. The van der Waals surface area contributed by atoms with Crippen LogP contribution in [-0.2, 0) is 4.79 Å². The van der Waals surface area contributed by atoms with E-state index in [0.717, 1.165) is 42.5 Å². The van der Waals surface area contributed by atoms with E-state index >= 15 is 0 Å². The molecule has 1 aliphatic rings. The summed E-state index contributed by atoms with van der Waals surface area (Å²) >= 11 is 9.39. The number of benzene rings is 1. The summed E-state index contributed by atoms with van der Waals surface area (Å²) in [5.74, 6) is 0.106. The monoisotopic (exact) mass is 344 g/mol. The summed E-state index contributed by atoms with van der Waals surface area (Å²) < 4.78 is 0.833. The van der Waals surface area contributed by atoms with Crippen molar-refractivity contribution in [2.75, 3.05) is 18.4 Å². The van der Waals surface area contributed by atoms with Crippen molar-refractivity contribution in [2.24, 2.45) is 5.41 Å². The Morgan fingerprint density at radius 3 is 2.74 bits per heavy atom. The summed E-state index contributed by atoms with van der Waals surface area (Å²) in [6.07, 6.45) is 2.64. The van der Waals surface area contributed by atoms with Gasteiger partial charge in [-0.05, 0) is 66.5 Å². The van der Waals surface area contributed by atoms with Gasteiger partial charge in [-0.1, -0.05) is 18.5 Å². The van der Waals surface area contributed by atoms with Crippen LogP contribution in [0.1, 0.15) is 26.2 Å². The Labute approximate surface area is 127 Å². The van der Waals surface area contributed by atoms with E-state index in [1.807, 2.05) is 12.1 Å². The molecule has 1 fully saturated rings. The molecule has 1 aromatic rings. The molecule has 1 aromatic carbocycles. The standard InChI is InChI=1S/C14H18BrClN2O/c1-2-14(5-7-17-8-6-14)13(19)18-10-3-4-11(15)12(16)9-10/h3-4,9,17H,2,5-8H2,1H3,(H,18,19). The van der Waals surface area contributed by atoms with E-state index in [9.17, 15) is 4.79 Å². The Kier molecular flexibility index (Phi) is 4.87.